The Bertz CT molecular complexity index is 1330. The van der Waals surface area contributed by atoms with Crippen LogP contribution in [0.15, 0.2) is 65.6 Å². The summed E-state index contributed by atoms with van der Waals surface area (Å²) in [6, 6.07) is 11.2. The lowest BCUT2D eigenvalue weighted by atomic mass is 10.1. The topological polar surface area (TPSA) is 88.9 Å². The summed E-state index contributed by atoms with van der Waals surface area (Å²) in [6.07, 6.45) is 8.94. The number of piperidine rings is 1. The van der Waals surface area contributed by atoms with Crippen molar-refractivity contribution in [1.29, 1.82) is 0 Å². The number of pyridine rings is 1. The number of fused-ring (bicyclic) bond motifs is 1. The largest absolute Gasteiger partial charge is 0.489 e. The molecule has 0 bridgehead atoms. The molecule has 9 nitrogen and oxygen atoms in total. The summed E-state index contributed by atoms with van der Waals surface area (Å²) in [6.45, 7) is 6.90. The predicted octanol–water partition coefficient (Wildman–Crippen LogP) is 3.27. The van der Waals surface area contributed by atoms with Gasteiger partial charge in [0.05, 0.1) is 29.4 Å². The summed E-state index contributed by atoms with van der Waals surface area (Å²) in [5, 5.41) is 2.82. The fourth-order valence-electron chi connectivity index (χ4n) is 4.38. The molecule has 1 aromatic carbocycles. The average molecular weight is 498 g/mol. The number of rotatable bonds is 7. The highest BCUT2D eigenvalue weighted by Crippen LogP contribution is 2.25. The molecule has 0 saturated carbocycles. The molecule has 0 spiro atoms. The summed E-state index contributed by atoms with van der Waals surface area (Å²) >= 11 is 0. The fraction of sp³-hybridized carbons (Fsp3) is 0.400. The average Bonchev–Trinajstić information content (AvgIpc) is 3.47. The summed E-state index contributed by atoms with van der Waals surface area (Å²) < 4.78 is 31.8. The van der Waals surface area contributed by atoms with Crippen molar-refractivity contribution in [3.05, 3.63) is 60.8 Å². The van der Waals surface area contributed by atoms with Crippen LogP contribution in [0.2, 0.25) is 0 Å². The van der Waals surface area contributed by atoms with Crippen molar-refractivity contribution in [2.75, 3.05) is 25.9 Å². The zero-order valence-electron chi connectivity index (χ0n) is 20.2. The molecule has 0 atom stereocenters. The van der Waals surface area contributed by atoms with Gasteiger partial charge in [-0.2, -0.15) is 0 Å². The third kappa shape index (κ3) is 5.29. The highest BCUT2D eigenvalue weighted by Gasteiger charge is 2.24. The Hall–Kier alpha value is -3.08. The minimum Gasteiger partial charge on any atom is -0.489 e. The van der Waals surface area contributed by atoms with Crippen molar-refractivity contribution in [1.82, 2.24) is 25.0 Å². The summed E-state index contributed by atoms with van der Waals surface area (Å²) in [4.78, 5) is 12.8. The van der Waals surface area contributed by atoms with Gasteiger partial charge in [0.25, 0.3) is 0 Å². The number of sulfone groups is 1. The number of aromatic nitrogens is 2. The van der Waals surface area contributed by atoms with Gasteiger partial charge < -0.3 is 14.1 Å². The molecule has 1 saturated heterocycles. The van der Waals surface area contributed by atoms with E-state index in [0.29, 0.717) is 10.9 Å². The first-order valence-corrected chi connectivity index (χ1v) is 13.7. The maximum absolute atomic E-state index is 11.8. The predicted molar refractivity (Wildman–Crippen MR) is 134 cm³/mol. The van der Waals surface area contributed by atoms with Crippen molar-refractivity contribution >= 4 is 20.7 Å². The van der Waals surface area contributed by atoms with Crippen LogP contribution in [0, 0.1) is 0 Å². The van der Waals surface area contributed by atoms with Crippen LogP contribution >= 0.6 is 0 Å². The first kappa shape index (κ1) is 23.7. The standard InChI is InChI=1S/C25H31N5O4S/c1-18(2)30-17-22(34-27-30)16-28-11-9-20(10-12-28)33-21-4-7-25(26-15-21)29-13-8-19-14-23(35(3,31)32)5-6-24(19)29/h4-8,13-15,17-18,20,27H,9-12,16H2,1-3H3. The highest BCUT2D eigenvalue weighted by molar-refractivity contribution is 7.90. The van der Waals surface area contributed by atoms with Gasteiger partial charge in [0.15, 0.2) is 15.6 Å². The van der Waals surface area contributed by atoms with E-state index in [4.69, 9.17) is 9.57 Å². The Morgan fingerprint density at radius 1 is 1.17 bits per heavy atom. The molecule has 0 radical (unpaired) electrons. The minimum atomic E-state index is -3.24. The molecule has 0 amide bonds. The van der Waals surface area contributed by atoms with Crippen LogP contribution in [-0.4, -0.2) is 65.9 Å². The van der Waals surface area contributed by atoms with E-state index in [-0.39, 0.29) is 6.10 Å². The van der Waals surface area contributed by atoms with Gasteiger partial charge in [-0.15, -0.1) is 0 Å². The quantitative estimate of drug-likeness (QED) is 0.532. The summed E-state index contributed by atoms with van der Waals surface area (Å²) in [7, 11) is -3.24. The molecule has 5 rings (SSSR count). The highest BCUT2D eigenvalue weighted by atomic mass is 32.2. The molecular weight excluding hydrogens is 466 g/mol. The SMILES string of the molecule is CC(C)N1C=C(CN2CCC(Oc3ccc(-n4ccc5cc(S(C)(=O)=O)ccc54)nc3)CC2)ON1. The van der Waals surface area contributed by atoms with Gasteiger partial charge in [0, 0.05) is 37.0 Å². The van der Waals surface area contributed by atoms with E-state index >= 15 is 0 Å². The molecule has 3 aromatic rings. The van der Waals surface area contributed by atoms with Gasteiger partial charge >= 0.3 is 0 Å². The van der Waals surface area contributed by atoms with Crippen LogP contribution in [0.5, 0.6) is 5.75 Å². The van der Waals surface area contributed by atoms with Crippen molar-refractivity contribution in [3.8, 4) is 11.6 Å². The number of nitrogens with zero attached hydrogens (tertiary/aromatic N) is 4. The molecule has 0 unspecified atom stereocenters. The molecule has 2 aliphatic heterocycles. The van der Waals surface area contributed by atoms with Crippen LogP contribution in [0.1, 0.15) is 26.7 Å². The molecule has 1 N–H and O–H groups in total. The van der Waals surface area contributed by atoms with Crippen molar-refractivity contribution < 1.29 is 18.0 Å². The molecule has 35 heavy (non-hydrogen) atoms. The normalized spacial score (nSPS) is 17.7. The van der Waals surface area contributed by atoms with Crippen LogP contribution < -0.4 is 10.3 Å². The Balaban J connectivity index is 1.17. The van der Waals surface area contributed by atoms with Crippen LogP contribution in [0.3, 0.4) is 0 Å². The van der Waals surface area contributed by atoms with Crippen LogP contribution in [-0.2, 0) is 14.7 Å². The third-order valence-corrected chi connectivity index (χ3v) is 7.51. The monoisotopic (exact) mass is 497 g/mol. The zero-order chi connectivity index (χ0) is 24.6. The Kier molecular flexibility index (Phi) is 6.43. The number of hydrogen-bond donors (Lipinski definition) is 1. The van der Waals surface area contributed by atoms with Gasteiger partial charge in [-0.1, -0.05) is 5.59 Å². The number of likely N-dealkylation sites (tertiary alicyclic amines) is 1. The summed E-state index contributed by atoms with van der Waals surface area (Å²) in [5.41, 5.74) is 3.83. The van der Waals surface area contributed by atoms with E-state index in [1.165, 1.54) is 6.26 Å². The first-order chi connectivity index (χ1) is 16.8. The molecule has 2 aliphatic rings. The van der Waals surface area contributed by atoms with Crippen molar-refractivity contribution in [2.45, 2.75) is 43.7 Å². The maximum Gasteiger partial charge on any atom is 0.175 e. The Morgan fingerprint density at radius 2 is 1.97 bits per heavy atom. The second-order valence-electron chi connectivity index (χ2n) is 9.41. The van der Waals surface area contributed by atoms with Crippen LogP contribution in [0.25, 0.3) is 16.7 Å². The third-order valence-electron chi connectivity index (χ3n) is 6.40. The number of nitrogens with one attached hydrogen (secondary N) is 1. The second kappa shape index (κ2) is 9.52. The van der Waals surface area contributed by atoms with E-state index in [9.17, 15) is 8.42 Å². The first-order valence-electron chi connectivity index (χ1n) is 11.8. The molecule has 4 heterocycles. The number of ether oxygens (including phenoxy) is 1. The van der Waals surface area contributed by atoms with Gasteiger partial charge in [0.2, 0.25) is 0 Å². The van der Waals surface area contributed by atoms with Gasteiger partial charge in [-0.25, -0.2) is 13.4 Å². The number of hydrogen-bond acceptors (Lipinski definition) is 8. The molecule has 2 aromatic heterocycles. The lowest BCUT2D eigenvalue weighted by Gasteiger charge is -2.31. The Labute approximate surface area is 205 Å². The molecule has 186 valence electrons. The second-order valence-corrected chi connectivity index (χ2v) is 11.4. The zero-order valence-corrected chi connectivity index (χ0v) is 21.0. The van der Waals surface area contributed by atoms with E-state index in [2.05, 4.69) is 29.3 Å². The van der Waals surface area contributed by atoms with Crippen LogP contribution in [0.4, 0.5) is 0 Å². The van der Waals surface area contributed by atoms with E-state index in [1.54, 1.807) is 18.3 Å². The van der Waals surface area contributed by atoms with Crippen molar-refractivity contribution in [2.24, 2.45) is 0 Å². The summed E-state index contributed by atoms with van der Waals surface area (Å²) in [5.74, 6) is 2.44. The lowest BCUT2D eigenvalue weighted by Crippen LogP contribution is -2.39. The minimum absolute atomic E-state index is 0.157. The van der Waals surface area contributed by atoms with Gasteiger partial charge in [-0.3, -0.25) is 9.91 Å². The van der Waals surface area contributed by atoms with Gasteiger partial charge in [0.1, 0.15) is 17.7 Å². The Morgan fingerprint density at radius 3 is 2.63 bits per heavy atom. The fourth-order valence-corrected chi connectivity index (χ4v) is 5.04. The lowest BCUT2D eigenvalue weighted by molar-refractivity contribution is -0.00257. The molecular formula is C25H31N5O4S. The van der Waals surface area contributed by atoms with Crippen molar-refractivity contribution in [3.63, 3.8) is 0 Å². The number of hydrazine groups is 1. The van der Waals surface area contributed by atoms with Gasteiger partial charge in [-0.05, 0) is 63.1 Å². The molecule has 1 fully saturated rings. The molecule has 0 aliphatic carbocycles. The maximum atomic E-state index is 11.8. The van der Waals surface area contributed by atoms with E-state index in [1.807, 2.05) is 46.2 Å². The smallest absolute Gasteiger partial charge is 0.175 e. The number of benzene rings is 1. The molecule has 10 heteroatoms. The van der Waals surface area contributed by atoms with E-state index < -0.39 is 9.84 Å². The van der Waals surface area contributed by atoms with E-state index in [0.717, 1.165) is 60.7 Å².